The molecule has 1 amide bonds. The molecule has 0 spiro atoms. The number of alkyl halides is 1. The van der Waals surface area contributed by atoms with Gasteiger partial charge < -0.3 is 10.1 Å². The van der Waals surface area contributed by atoms with Gasteiger partial charge in [0.15, 0.2) is 0 Å². The number of halogens is 3. The van der Waals surface area contributed by atoms with E-state index in [0.29, 0.717) is 29.5 Å². The molecular formula is C12H14Cl2INO2. The standard InChI is InChI=1S/C12H14Cl2INO2/c1-18-7-9(4-5-13)16-12(17)8-2-3-11(15)10(14)6-8/h2-3,6,9H,4-5,7H2,1H3,(H,16,17). The summed E-state index contributed by atoms with van der Waals surface area (Å²) in [5, 5.41) is 3.45. The minimum Gasteiger partial charge on any atom is -0.383 e. The lowest BCUT2D eigenvalue weighted by Crippen LogP contribution is -2.38. The fourth-order valence-corrected chi connectivity index (χ4v) is 2.22. The Labute approximate surface area is 130 Å². The molecule has 18 heavy (non-hydrogen) atoms. The Morgan fingerprint density at radius 2 is 2.28 bits per heavy atom. The van der Waals surface area contributed by atoms with Crippen molar-refractivity contribution < 1.29 is 9.53 Å². The molecule has 1 rings (SSSR count). The van der Waals surface area contributed by atoms with Crippen molar-refractivity contribution in [2.45, 2.75) is 12.5 Å². The molecule has 0 radical (unpaired) electrons. The molecule has 1 unspecified atom stereocenters. The highest BCUT2D eigenvalue weighted by atomic mass is 127. The first-order valence-electron chi connectivity index (χ1n) is 5.39. The van der Waals surface area contributed by atoms with Gasteiger partial charge in [0.05, 0.1) is 17.7 Å². The summed E-state index contributed by atoms with van der Waals surface area (Å²) in [4.78, 5) is 12.0. The lowest BCUT2D eigenvalue weighted by Gasteiger charge is -2.16. The summed E-state index contributed by atoms with van der Waals surface area (Å²) in [6.07, 6.45) is 0.666. The van der Waals surface area contributed by atoms with Gasteiger partial charge >= 0.3 is 0 Å². The van der Waals surface area contributed by atoms with Crippen molar-refractivity contribution in [2.24, 2.45) is 0 Å². The van der Waals surface area contributed by atoms with Crippen LogP contribution >= 0.6 is 45.8 Å². The predicted octanol–water partition coefficient (Wildman–Crippen LogP) is 3.32. The lowest BCUT2D eigenvalue weighted by molar-refractivity contribution is 0.0895. The van der Waals surface area contributed by atoms with Gasteiger partial charge in [0.1, 0.15) is 0 Å². The zero-order valence-electron chi connectivity index (χ0n) is 9.88. The average Bonchev–Trinajstić information content (AvgIpc) is 2.33. The molecule has 0 bridgehead atoms. The zero-order valence-corrected chi connectivity index (χ0v) is 13.6. The average molecular weight is 402 g/mol. The number of hydrogen-bond donors (Lipinski definition) is 1. The molecule has 3 nitrogen and oxygen atoms in total. The smallest absolute Gasteiger partial charge is 0.251 e. The topological polar surface area (TPSA) is 38.3 Å². The van der Waals surface area contributed by atoms with E-state index < -0.39 is 0 Å². The molecule has 0 heterocycles. The van der Waals surface area contributed by atoms with Crippen LogP contribution < -0.4 is 5.32 Å². The number of benzene rings is 1. The van der Waals surface area contributed by atoms with Gasteiger partial charge in [-0.25, -0.2) is 0 Å². The largest absolute Gasteiger partial charge is 0.383 e. The van der Waals surface area contributed by atoms with Crippen LogP contribution in [0.1, 0.15) is 16.8 Å². The third-order valence-corrected chi connectivity index (χ3v) is 4.13. The summed E-state index contributed by atoms with van der Waals surface area (Å²) in [5.41, 5.74) is 0.538. The fourth-order valence-electron chi connectivity index (χ4n) is 1.44. The highest BCUT2D eigenvalue weighted by Gasteiger charge is 2.14. The van der Waals surface area contributed by atoms with Gasteiger partial charge in [-0.2, -0.15) is 0 Å². The minimum absolute atomic E-state index is 0.0851. The summed E-state index contributed by atoms with van der Waals surface area (Å²) in [6, 6.07) is 5.12. The maximum absolute atomic E-state index is 12.0. The summed E-state index contributed by atoms with van der Waals surface area (Å²) >= 11 is 13.8. The van der Waals surface area contributed by atoms with Crippen LogP contribution in [0.5, 0.6) is 0 Å². The Hall–Kier alpha value is -0.0400. The Kier molecular flexibility index (Phi) is 7.29. The van der Waals surface area contributed by atoms with Crippen molar-refractivity contribution in [2.75, 3.05) is 19.6 Å². The van der Waals surface area contributed by atoms with Crippen molar-refractivity contribution >= 4 is 51.7 Å². The maximum Gasteiger partial charge on any atom is 0.251 e. The van der Waals surface area contributed by atoms with Gasteiger partial charge in [-0.05, 0) is 47.2 Å². The van der Waals surface area contributed by atoms with Gasteiger partial charge in [-0.3, -0.25) is 4.79 Å². The number of rotatable bonds is 6. The van der Waals surface area contributed by atoms with E-state index in [2.05, 4.69) is 27.9 Å². The van der Waals surface area contributed by atoms with Crippen LogP contribution in [-0.2, 0) is 4.74 Å². The Morgan fingerprint density at radius 3 is 2.83 bits per heavy atom. The summed E-state index contributed by atoms with van der Waals surface area (Å²) in [5.74, 6) is 0.308. The first kappa shape index (κ1) is 16.0. The number of carbonyl (C=O) groups excluding carboxylic acids is 1. The van der Waals surface area contributed by atoms with E-state index in [1.165, 1.54) is 0 Å². The minimum atomic E-state index is -0.166. The van der Waals surface area contributed by atoms with E-state index >= 15 is 0 Å². The molecule has 0 aromatic heterocycles. The predicted molar refractivity (Wildman–Crippen MR) is 82.6 cm³/mol. The number of methoxy groups -OCH3 is 1. The van der Waals surface area contributed by atoms with Gasteiger partial charge in [-0.1, -0.05) is 11.6 Å². The monoisotopic (exact) mass is 401 g/mol. The lowest BCUT2D eigenvalue weighted by atomic mass is 10.2. The number of ether oxygens (including phenoxy) is 1. The molecule has 6 heteroatoms. The third kappa shape index (κ3) is 4.91. The second-order valence-electron chi connectivity index (χ2n) is 3.73. The van der Waals surface area contributed by atoms with Gasteiger partial charge in [-0.15, -0.1) is 11.6 Å². The molecule has 1 atom stereocenters. The highest BCUT2D eigenvalue weighted by molar-refractivity contribution is 14.1. The molecular weight excluding hydrogens is 388 g/mol. The molecule has 0 saturated carbocycles. The van der Waals surface area contributed by atoms with Crippen LogP contribution in [-0.4, -0.2) is 31.5 Å². The quantitative estimate of drug-likeness (QED) is 0.586. The molecule has 100 valence electrons. The van der Waals surface area contributed by atoms with Crippen molar-refractivity contribution in [1.82, 2.24) is 5.32 Å². The molecule has 0 fully saturated rings. The molecule has 1 N–H and O–H groups in total. The normalized spacial score (nSPS) is 12.2. The van der Waals surface area contributed by atoms with Crippen molar-refractivity contribution in [3.05, 3.63) is 32.4 Å². The van der Waals surface area contributed by atoms with E-state index in [0.717, 1.165) is 3.57 Å². The molecule has 1 aromatic carbocycles. The van der Waals surface area contributed by atoms with E-state index in [-0.39, 0.29) is 11.9 Å². The second kappa shape index (κ2) is 8.19. The molecule has 0 aliphatic carbocycles. The molecule has 0 aliphatic heterocycles. The Balaban J connectivity index is 2.70. The van der Waals surface area contributed by atoms with Gasteiger partial charge in [0.2, 0.25) is 0 Å². The van der Waals surface area contributed by atoms with Crippen LogP contribution in [0.4, 0.5) is 0 Å². The molecule has 0 aliphatic rings. The van der Waals surface area contributed by atoms with Crippen LogP contribution in [0.15, 0.2) is 18.2 Å². The maximum atomic E-state index is 12.0. The van der Waals surface area contributed by atoms with Crippen LogP contribution in [0, 0.1) is 3.57 Å². The summed E-state index contributed by atoms with van der Waals surface area (Å²) in [6.45, 7) is 0.441. The highest BCUT2D eigenvalue weighted by Crippen LogP contribution is 2.19. The SMILES string of the molecule is COCC(CCCl)NC(=O)c1ccc(I)c(Cl)c1. The van der Waals surface area contributed by atoms with E-state index in [9.17, 15) is 4.79 Å². The summed E-state index contributed by atoms with van der Waals surface area (Å²) < 4.78 is 5.95. The Bertz CT molecular complexity index is 409. The second-order valence-corrected chi connectivity index (χ2v) is 5.68. The van der Waals surface area contributed by atoms with Crippen LogP contribution in [0.25, 0.3) is 0 Å². The van der Waals surface area contributed by atoms with Crippen LogP contribution in [0.3, 0.4) is 0 Å². The first-order chi connectivity index (χ1) is 8.58. The number of hydrogen-bond acceptors (Lipinski definition) is 2. The number of amides is 1. The summed E-state index contributed by atoms with van der Waals surface area (Å²) in [7, 11) is 1.59. The number of carbonyl (C=O) groups is 1. The van der Waals surface area contributed by atoms with Crippen molar-refractivity contribution in [3.63, 3.8) is 0 Å². The molecule has 0 saturated heterocycles. The molecule has 1 aromatic rings. The zero-order chi connectivity index (χ0) is 13.5. The first-order valence-corrected chi connectivity index (χ1v) is 7.38. The van der Waals surface area contributed by atoms with Gasteiger partial charge in [0, 0.05) is 22.1 Å². The van der Waals surface area contributed by atoms with E-state index in [1.807, 2.05) is 6.07 Å². The third-order valence-electron chi connectivity index (χ3n) is 2.34. The van der Waals surface area contributed by atoms with Gasteiger partial charge in [0.25, 0.3) is 5.91 Å². The fraction of sp³-hybridized carbons (Fsp3) is 0.417. The van der Waals surface area contributed by atoms with E-state index in [4.69, 9.17) is 27.9 Å². The number of nitrogens with one attached hydrogen (secondary N) is 1. The van der Waals surface area contributed by atoms with Crippen molar-refractivity contribution in [1.29, 1.82) is 0 Å². The Morgan fingerprint density at radius 1 is 1.56 bits per heavy atom. The van der Waals surface area contributed by atoms with Crippen molar-refractivity contribution in [3.8, 4) is 0 Å². The van der Waals surface area contributed by atoms with E-state index in [1.54, 1.807) is 19.2 Å². The van der Waals surface area contributed by atoms with Crippen LogP contribution in [0.2, 0.25) is 5.02 Å².